The minimum absolute atomic E-state index is 0.103. The van der Waals surface area contributed by atoms with Gasteiger partial charge < -0.3 is 23.7 Å². The average Bonchev–Trinajstić information content (AvgIpc) is 3.37. The van der Waals surface area contributed by atoms with Crippen LogP contribution in [0.2, 0.25) is 0 Å². The summed E-state index contributed by atoms with van der Waals surface area (Å²) in [5.41, 5.74) is 3.70. The Morgan fingerprint density at radius 1 is 0.889 bits per heavy atom. The second-order valence-corrected chi connectivity index (χ2v) is 7.20. The fourth-order valence-electron chi connectivity index (χ4n) is 4.41. The molecule has 0 amide bonds. The molecular weight excluding hydrogens is 350 g/mol. The Balaban J connectivity index is 1.48. The van der Waals surface area contributed by atoms with Gasteiger partial charge in [-0.1, -0.05) is 0 Å². The van der Waals surface area contributed by atoms with Crippen LogP contribution in [0.25, 0.3) is 0 Å². The number of hydrogen-bond acceptors (Lipinski definition) is 7. The Hall–Kier alpha value is -2.93. The van der Waals surface area contributed by atoms with E-state index in [9.17, 15) is 4.79 Å². The molecule has 2 aromatic rings. The topological polar surface area (TPSA) is 66.5 Å². The summed E-state index contributed by atoms with van der Waals surface area (Å²) in [4.78, 5) is 14.8. The number of nitrogens with zero attached hydrogens (tertiary/aromatic N) is 1. The van der Waals surface area contributed by atoms with Crippen LogP contribution in [0.15, 0.2) is 24.3 Å². The zero-order chi connectivity index (χ0) is 18.1. The van der Waals surface area contributed by atoms with Gasteiger partial charge in [-0.05, 0) is 48.9 Å². The molecule has 138 valence electrons. The second kappa shape index (κ2) is 5.29. The molecule has 0 bridgehead atoms. The van der Waals surface area contributed by atoms with E-state index < -0.39 is 6.10 Å². The third-order valence-corrected chi connectivity index (χ3v) is 5.75. The average molecular weight is 367 g/mol. The first-order chi connectivity index (χ1) is 13.2. The van der Waals surface area contributed by atoms with Crippen molar-refractivity contribution in [1.29, 1.82) is 0 Å². The largest absolute Gasteiger partial charge is 0.454 e. The lowest BCUT2D eigenvalue weighted by Crippen LogP contribution is -2.36. The molecule has 27 heavy (non-hydrogen) atoms. The molecule has 2 atom stereocenters. The predicted molar refractivity (Wildman–Crippen MR) is 92.4 cm³/mol. The Morgan fingerprint density at radius 3 is 2.26 bits per heavy atom. The Kier molecular flexibility index (Phi) is 2.97. The van der Waals surface area contributed by atoms with Gasteiger partial charge in [0.2, 0.25) is 13.6 Å². The van der Waals surface area contributed by atoms with E-state index in [1.165, 1.54) is 5.56 Å². The Labute approximate surface area is 155 Å². The van der Waals surface area contributed by atoms with Crippen molar-refractivity contribution >= 4 is 5.97 Å². The smallest absolute Gasteiger partial charge is 0.339 e. The number of benzene rings is 2. The van der Waals surface area contributed by atoms with Crippen LogP contribution < -0.4 is 18.9 Å². The van der Waals surface area contributed by atoms with E-state index in [-0.39, 0.29) is 25.6 Å². The summed E-state index contributed by atoms with van der Waals surface area (Å²) in [6, 6.07) is 7.58. The highest BCUT2D eigenvalue weighted by Gasteiger charge is 2.43. The van der Waals surface area contributed by atoms with Crippen LogP contribution in [-0.2, 0) is 11.2 Å². The van der Waals surface area contributed by atoms with E-state index >= 15 is 0 Å². The molecule has 6 rings (SSSR count). The van der Waals surface area contributed by atoms with Gasteiger partial charge in [-0.25, -0.2) is 4.79 Å². The quantitative estimate of drug-likeness (QED) is 0.718. The van der Waals surface area contributed by atoms with Gasteiger partial charge in [0.1, 0.15) is 6.10 Å². The van der Waals surface area contributed by atoms with Crippen LogP contribution in [0.3, 0.4) is 0 Å². The van der Waals surface area contributed by atoms with Gasteiger partial charge in [0.25, 0.3) is 0 Å². The summed E-state index contributed by atoms with van der Waals surface area (Å²) < 4.78 is 27.9. The van der Waals surface area contributed by atoms with Gasteiger partial charge >= 0.3 is 5.97 Å². The molecule has 0 aromatic heterocycles. The molecule has 0 N–H and O–H groups in total. The Bertz CT molecular complexity index is 987. The van der Waals surface area contributed by atoms with E-state index in [2.05, 4.69) is 18.0 Å². The van der Waals surface area contributed by atoms with E-state index in [0.717, 1.165) is 35.6 Å². The molecule has 0 saturated heterocycles. The number of cyclic esters (lactones) is 1. The molecule has 7 nitrogen and oxygen atoms in total. The van der Waals surface area contributed by atoms with Crippen molar-refractivity contribution in [3.05, 3.63) is 46.5 Å². The monoisotopic (exact) mass is 367 g/mol. The first kappa shape index (κ1) is 15.2. The summed E-state index contributed by atoms with van der Waals surface area (Å²) in [6.07, 6.45) is 0.500. The molecule has 0 saturated carbocycles. The van der Waals surface area contributed by atoms with E-state index in [4.69, 9.17) is 23.7 Å². The van der Waals surface area contributed by atoms with Crippen molar-refractivity contribution in [1.82, 2.24) is 4.90 Å². The van der Waals surface area contributed by atoms with Gasteiger partial charge in [0.05, 0.1) is 11.6 Å². The molecule has 4 aliphatic heterocycles. The van der Waals surface area contributed by atoms with Gasteiger partial charge in [-0.3, -0.25) is 4.90 Å². The summed E-state index contributed by atoms with van der Waals surface area (Å²) in [6.45, 7) is 1.28. The van der Waals surface area contributed by atoms with E-state index in [1.807, 2.05) is 12.1 Å². The van der Waals surface area contributed by atoms with Crippen molar-refractivity contribution in [3.63, 3.8) is 0 Å². The number of likely N-dealkylation sites (N-methyl/N-ethyl adjacent to an activating group) is 1. The summed E-state index contributed by atoms with van der Waals surface area (Å²) in [5.74, 6) is 2.44. The van der Waals surface area contributed by atoms with Crippen molar-refractivity contribution < 1.29 is 28.5 Å². The maximum absolute atomic E-state index is 12.5. The number of hydrogen-bond donors (Lipinski definition) is 0. The molecule has 0 fully saturated rings. The van der Waals surface area contributed by atoms with E-state index in [0.29, 0.717) is 17.1 Å². The number of rotatable bonds is 1. The molecule has 0 radical (unpaired) electrons. The van der Waals surface area contributed by atoms with Crippen LogP contribution in [0.5, 0.6) is 23.0 Å². The second-order valence-electron chi connectivity index (χ2n) is 7.20. The third kappa shape index (κ3) is 2.09. The van der Waals surface area contributed by atoms with E-state index in [1.54, 1.807) is 6.07 Å². The number of carbonyl (C=O) groups is 1. The summed E-state index contributed by atoms with van der Waals surface area (Å²) >= 11 is 0. The van der Waals surface area contributed by atoms with Gasteiger partial charge in [-0.15, -0.1) is 0 Å². The first-order valence-corrected chi connectivity index (χ1v) is 8.96. The van der Waals surface area contributed by atoms with Crippen molar-refractivity contribution in [2.45, 2.75) is 18.6 Å². The maximum atomic E-state index is 12.5. The van der Waals surface area contributed by atoms with Crippen molar-refractivity contribution in [3.8, 4) is 23.0 Å². The van der Waals surface area contributed by atoms with Crippen molar-refractivity contribution in [2.75, 3.05) is 27.2 Å². The zero-order valence-corrected chi connectivity index (χ0v) is 14.7. The third-order valence-electron chi connectivity index (χ3n) is 5.75. The highest BCUT2D eigenvalue weighted by atomic mass is 16.7. The molecular formula is C20H17NO6. The van der Waals surface area contributed by atoms with Crippen LogP contribution >= 0.6 is 0 Å². The number of carbonyl (C=O) groups excluding carboxylic acids is 1. The summed E-state index contributed by atoms with van der Waals surface area (Å²) in [5, 5.41) is 0. The highest BCUT2D eigenvalue weighted by Crippen LogP contribution is 2.50. The lowest BCUT2D eigenvalue weighted by Gasteiger charge is -2.37. The molecule has 0 spiro atoms. The fourth-order valence-corrected chi connectivity index (χ4v) is 4.41. The Morgan fingerprint density at radius 2 is 1.52 bits per heavy atom. The van der Waals surface area contributed by atoms with Gasteiger partial charge in [-0.2, -0.15) is 0 Å². The molecule has 7 heteroatoms. The predicted octanol–water partition coefficient (Wildman–Crippen LogP) is 2.58. The molecule has 2 aromatic carbocycles. The zero-order valence-electron chi connectivity index (χ0n) is 14.7. The molecule has 0 aliphatic carbocycles. The highest BCUT2D eigenvalue weighted by molar-refractivity contribution is 5.95. The lowest BCUT2D eigenvalue weighted by atomic mass is 9.86. The van der Waals surface area contributed by atoms with Crippen LogP contribution in [0.1, 0.15) is 39.2 Å². The standard InChI is InChI=1S/C20H17NO6/c1-21-3-2-10-4-14-15(24-8-23-14)5-11(10)18(21)19-12-6-16-17(26-9-25-16)7-13(12)20(22)27-19/h4-7,18-19H,2-3,8-9H2,1H3/t18-,19+/m0/s1. The minimum atomic E-state index is -0.411. The SMILES string of the molecule is CN1CCc2cc3c(cc2[C@H]1[C@@H]1OC(=O)c2cc4c(cc21)OCO4)OCO3. The molecule has 4 aliphatic rings. The lowest BCUT2D eigenvalue weighted by molar-refractivity contribution is 0.00934. The van der Waals surface area contributed by atoms with Gasteiger partial charge in [0.15, 0.2) is 23.0 Å². The number of esters is 1. The summed E-state index contributed by atoms with van der Waals surface area (Å²) in [7, 11) is 2.05. The minimum Gasteiger partial charge on any atom is -0.454 e. The molecule has 0 unspecified atom stereocenters. The van der Waals surface area contributed by atoms with Crippen LogP contribution in [0.4, 0.5) is 0 Å². The number of fused-ring (bicyclic) bond motifs is 4. The molecule has 4 heterocycles. The normalized spacial score (nSPS) is 24.6. The van der Waals surface area contributed by atoms with Crippen LogP contribution in [0, 0.1) is 0 Å². The van der Waals surface area contributed by atoms with Crippen LogP contribution in [-0.4, -0.2) is 38.0 Å². The van der Waals surface area contributed by atoms with Gasteiger partial charge in [0, 0.05) is 12.1 Å². The maximum Gasteiger partial charge on any atom is 0.339 e. The number of ether oxygens (including phenoxy) is 5. The fraction of sp³-hybridized carbons (Fsp3) is 0.350. The first-order valence-electron chi connectivity index (χ1n) is 8.96. The van der Waals surface area contributed by atoms with Crippen molar-refractivity contribution in [2.24, 2.45) is 0 Å².